The van der Waals surface area contributed by atoms with Gasteiger partial charge in [0.2, 0.25) is 0 Å². The molecule has 0 saturated carbocycles. The van der Waals surface area contributed by atoms with Gasteiger partial charge in [0.15, 0.2) is 0 Å². The zero-order valence-corrected chi connectivity index (χ0v) is 35.3. The van der Waals surface area contributed by atoms with Crippen molar-refractivity contribution in [3.05, 3.63) is 162 Å². The van der Waals surface area contributed by atoms with Gasteiger partial charge in [0.25, 0.3) is 30.4 Å². The third-order valence-electron chi connectivity index (χ3n) is 7.78. The van der Waals surface area contributed by atoms with Gasteiger partial charge >= 0.3 is 0 Å². The van der Waals surface area contributed by atoms with Gasteiger partial charge in [0, 0.05) is 81.9 Å². The van der Waals surface area contributed by atoms with Crippen LogP contribution in [0.1, 0.15) is 11.1 Å². The molecule has 6 rings (SSSR count). The summed E-state index contributed by atoms with van der Waals surface area (Å²) in [6, 6.07) is 32.1. The van der Waals surface area contributed by atoms with Gasteiger partial charge in [-0.1, -0.05) is 36.4 Å². The molecule has 0 amide bonds. The van der Waals surface area contributed by atoms with Crippen LogP contribution >= 0.6 is 0 Å². The van der Waals surface area contributed by atoms with Gasteiger partial charge in [-0.2, -0.15) is 25.3 Å². The van der Waals surface area contributed by atoms with Crippen LogP contribution in [0.15, 0.2) is 171 Å². The van der Waals surface area contributed by atoms with E-state index in [1.54, 1.807) is 24.3 Å². The number of rotatable bonds is 10. The molecule has 0 saturated heterocycles. The molecule has 5 aromatic rings. The van der Waals surface area contributed by atoms with E-state index in [2.05, 4.69) is 15.6 Å². The minimum atomic E-state index is -4.32. The fourth-order valence-electron chi connectivity index (χ4n) is 5.24. The number of benzene rings is 5. The monoisotopic (exact) mass is 801 g/mol. The maximum atomic E-state index is 11.4. The largest absolute Gasteiger partial charge is 0.356 e. The van der Waals surface area contributed by atoms with Crippen LogP contribution in [0, 0.1) is 0 Å². The molecule has 0 aliphatic heterocycles. The molecule has 0 spiro atoms. The fraction of sp³-hybridized carbons (Fsp3) is 0. The van der Waals surface area contributed by atoms with Crippen LogP contribution in [0.25, 0.3) is 5.57 Å². The Morgan fingerprint density at radius 3 is 1.04 bits per heavy atom. The molecule has 0 heterocycles. The number of nitrogens with zero attached hydrogens (tertiary/aromatic N) is 1. The molecular formula is C37H29N3Na2O9S3. The summed E-state index contributed by atoms with van der Waals surface area (Å²) < 4.78 is 96.1. The molecule has 54 heavy (non-hydrogen) atoms. The normalized spacial score (nSPS) is 12.6. The zero-order chi connectivity index (χ0) is 37.1. The van der Waals surface area contributed by atoms with E-state index in [1.165, 1.54) is 48.5 Å². The minimum Gasteiger partial charge on any atom is -0.356 e. The van der Waals surface area contributed by atoms with Crippen LogP contribution in [0.2, 0.25) is 0 Å². The van der Waals surface area contributed by atoms with E-state index in [-0.39, 0.29) is 73.8 Å². The molecule has 0 bridgehead atoms. The Hall–Kier alpha value is -3.68. The van der Waals surface area contributed by atoms with E-state index >= 15 is 0 Å². The molecule has 12 nitrogen and oxygen atoms in total. The van der Waals surface area contributed by atoms with E-state index < -0.39 is 30.4 Å². The van der Waals surface area contributed by atoms with Crippen molar-refractivity contribution < 1.29 is 38.9 Å². The van der Waals surface area contributed by atoms with Gasteiger partial charge in [0.05, 0.1) is 26.1 Å². The Labute approximate surface area is 357 Å². The van der Waals surface area contributed by atoms with Gasteiger partial charge in [-0.3, -0.25) is 13.7 Å². The fourth-order valence-corrected chi connectivity index (χ4v) is 6.68. The smallest absolute Gasteiger partial charge is 0.294 e. The average Bonchev–Trinajstić information content (AvgIpc) is 3.10. The van der Waals surface area contributed by atoms with Crippen LogP contribution in [0.4, 0.5) is 28.4 Å². The van der Waals surface area contributed by atoms with Gasteiger partial charge in [-0.25, -0.2) is 4.99 Å². The Morgan fingerprint density at radius 2 is 0.722 bits per heavy atom. The van der Waals surface area contributed by atoms with Crippen molar-refractivity contribution in [2.75, 3.05) is 10.6 Å². The molecule has 17 heteroatoms. The Morgan fingerprint density at radius 1 is 0.426 bits per heavy atom. The first kappa shape index (κ1) is 43.1. The van der Waals surface area contributed by atoms with Crippen molar-refractivity contribution in [1.82, 2.24) is 0 Å². The van der Waals surface area contributed by atoms with Crippen molar-refractivity contribution in [2.45, 2.75) is 14.7 Å². The molecule has 5 N–H and O–H groups in total. The summed E-state index contributed by atoms with van der Waals surface area (Å²) in [6.45, 7) is 0. The minimum absolute atomic E-state index is 0. The Bertz CT molecular complexity index is 2450. The molecule has 0 atom stereocenters. The van der Waals surface area contributed by atoms with Crippen molar-refractivity contribution >= 4 is 129 Å². The quantitative estimate of drug-likeness (QED) is 0.0731. The topological polar surface area (TPSA) is 200 Å². The first-order chi connectivity index (χ1) is 24.6. The number of anilines is 4. The van der Waals surface area contributed by atoms with Crippen LogP contribution in [-0.2, 0) is 30.4 Å². The van der Waals surface area contributed by atoms with Gasteiger partial charge in [-0.15, -0.1) is 0 Å². The second-order valence-electron chi connectivity index (χ2n) is 11.4. The average molecular weight is 802 g/mol. The van der Waals surface area contributed by atoms with Crippen molar-refractivity contribution in [3.8, 4) is 0 Å². The van der Waals surface area contributed by atoms with Gasteiger partial charge in [-0.05, 0) is 131 Å². The predicted octanol–water partition coefficient (Wildman–Crippen LogP) is 6.85. The second kappa shape index (κ2) is 17.8. The number of aliphatic imine (C=N–C) groups is 1. The zero-order valence-electron chi connectivity index (χ0n) is 28.8. The molecule has 1 aliphatic rings. The molecule has 0 aromatic heterocycles. The van der Waals surface area contributed by atoms with E-state index in [0.29, 0.717) is 22.8 Å². The first-order valence-electron chi connectivity index (χ1n) is 15.3. The maximum Gasteiger partial charge on any atom is 0.294 e. The molecule has 5 aromatic carbocycles. The van der Waals surface area contributed by atoms with E-state index in [4.69, 9.17) is 0 Å². The van der Waals surface area contributed by atoms with Crippen molar-refractivity contribution in [1.29, 1.82) is 0 Å². The molecule has 266 valence electrons. The first-order valence-corrected chi connectivity index (χ1v) is 19.6. The van der Waals surface area contributed by atoms with Gasteiger partial charge < -0.3 is 10.6 Å². The van der Waals surface area contributed by atoms with E-state index in [0.717, 1.165) is 33.6 Å². The molecular weight excluding hydrogens is 773 g/mol. The summed E-state index contributed by atoms with van der Waals surface area (Å²) >= 11 is 0. The predicted molar refractivity (Wildman–Crippen MR) is 211 cm³/mol. The summed E-state index contributed by atoms with van der Waals surface area (Å²) in [5, 5.41) is 6.42. The molecule has 1 aliphatic carbocycles. The summed E-state index contributed by atoms with van der Waals surface area (Å²) in [7, 11) is -12.9. The maximum absolute atomic E-state index is 11.4. The third kappa shape index (κ3) is 11.2. The summed E-state index contributed by atoms with van der Waals surface area (Å²) in [5.41, 5.74) is 7.31. The van der Waals surface area contributed by atoms with E-state index in [1.807, 2.05) is 72.8 Å². The standard InChI is InChI=1S/C37H29N3O9S3.2Na/c41-50(42,43)34-19-13-31(14-20-34)38-28-7-1-25(2-8-28)37(26-3-9-29(10-4-26)39-32-15-21-35(22-16-32)51(44,45)46)27-5-11-30(12-6-27)40-33-17-23-36(24-18-33)52(47,48)49;;/h1-24,38-39H,(H,41,42,43)(H,44,45,46)(H,47,48,49);;. The van der Waals surface area contributed by atoms with Crippen LogP contribution < -0.4 is 10.6 Å². The van der Waals surface area contributed by atoms with E-state index in [9.17, 15) is 38.9 Å². The number of nitrogens with one attached hydrogen (secondary N) is 2. The second-order valence-corrected chi connectivity index (χ2v) is 15.7. The molecule has 2 radical (unpaired) electrons. The molecule has 0 fully saturated rings. The summed E-state index contributed by atoms with van der Waals surface area (Å²) in [6.07, 6.45) is 7.47. The van der Waals surface area contributed by atoms with Crippen LogP contribution in [0.3, 0.4) is 0 Å². The Kier molecular flexibility index (Phi) is 14.2. The van der Waals surface area contributed by atoms with Crippen molar-refractivity contribution in [3.63, 3.8) is 0 Å². The molecule has 0 unspecified atom stereocenters. The van der Waals surface area contributed by atoms with Crippen molar-refractivity contribution in [2.24, 2.45) is 4.99 Å². The Balaban J connectivity index is 0.00000325. The number of hydrogen-bond donors (Lipinski definition) is 5. The van der Waals surface area contributed by atoms with Crippen LogP contribution in [0.5, 0.6) is 0 Å². The van der Waals surface area contributed by atoms with Crippen LogP contribution in [-0.4, -0.2) is 104 Å². The number of allylic oxidation sites excluding steroid dienone is 5. The third-order valence-corrected chi connectivity index (χ3v) is 10.4. The number of hydrogen-bond acceptors (Lipinski definition) is 9. The van der Waals surface area contributed by atoms with Gasteiger partial charge in [0.1, 0.15) is 0 Å². The summed E-state index contributed by atoms with van der Waals surface area (Å²) in [5.74, 6) is 0. The summed E-state index contributed by atoms with van der Waals surface area (Å²) in [4.78, 5) is 3.91. The SMILES string of the molecule is O=S(=O)(O)c1ccc(N=C2C=CC(=C(c3ccc(Nc4ccc(S(=O)(=O)O)cc4)cc3)c3ccc(Nc4ccc(S(=O)(=O)O)cc4)cc3)C=C2)cc1.[Na].[Na].